The van der Waals surface area contributed by atoms with Gasteiger partial charge < -0.3 is 85.6 Å². The van der Waals surface area contributed by atoms with Crippen molar-refractivity contribution in [2.24, 2.45) is 0 Å². The number of carbonyl (C=O) groups is 8. The molecule has 5 amide bonds. The number of phenols is 6. The molecule has 0 radical (unpaired) electrons. The molecule has 5 aromatic rings. The SMILES string of the molecule is O=C(NCCOCCOCCOCCNC(=O)c1ccc2ccccc2c1)c1cc(O)c(O)c(C(=O)N[C@H]2COC(=O)[C@@H](NC(=O)c3cccc(O)c3O)COC(=O)[C@@H](NC(=O)c3cccc(O)c3O)COC2=O)c1. The standard InChI is InChI=1S/C50H51N5O20/c56-37-9-3-7-31(40(37)59)45(64)53-34-24-73-48(67)35(54-46(65)32-8-4-10-38(57)41(32)60)25-74-50(69)36(26-75-49(34)68)55-47(66)33-22-30(23-39(58)42(33)61)44(63)52-14-16-71-18-20-72-19-17-70-15-13-51-43(62)29-12-11-27-5-1-2-6-28(27)21-29/h1-12,21-23,34-36,56-61H,13-20,24-26H2,(H,51,62)(H,52,63)(H,53,64)(H,54,65)(H,55,66)/t34-,35-,36-/m0/s1. The Bertz CT molecular complexity index is 2870. The molecule has 6 rings (SSSR count). The van der Waals surface area contributed by atoms with Gasteiger partial charge in [-0.1, -0.05) is 42.5 Å². The third-order valence-corrected chi connectivity index (χ3v) is 10.9. The number of benzene rings is 5. The lowest BCUT2D eigenvalue weighted by Gasteiger charge is -2.25. The second-order valence-corrected chi connectivity index (χ2v) is 16.1. The number of ether oxygens (including phenoxy) is 6. The summed E-state index contributed by atoms with van der Waals surface area (Å²) >= 11 is 0. The van der Waals surface area contributed by atoms with Crippen molar-refractivity contribution in [1.29, 1.82) is 0 Å². The van der Waals surface area contributed by atoms with Crippen molar-refractivity contribution in [3.05, 3.63) is 119 Å². The predicted molar refractivity (Wildman–Crippen MR) is 257 cm³/mol. The third kappa shape index (κ3) is 15.2. The van der Waals surface area contributed by atoms with Crippen LogP contribution in [0.2, 0.25) is 0 Å². The average Bonchev–Trinajstić information content (AvgIpc) is 3.40. The van der Waals surface area contributed by atoms with Crippen molar-refractivity contribution in [2.75, 3.05) is 72.6 Å². The van der Waals surface area contributed by atoms with Crippen molar-refractivity contribution >= 4 is 58.2 Å². The number of para-hydroxylation sites is 2. The maximum Gasteiger partial charge on any atom is 0.332 e. The number of phenolic OH excluding ortho intramolecular Hbond substituents is 6. The summed E-state index contributed by atoms with van der Waals surface area (Å²) in [5.41, 5.74) is -1.63. The lowest BCUT2D eigenvalue weighted by molar-refractivity contribution is -0.160. The number of rotatable bonds is 20. The number of hydrogen-bond donors (Lipinski definition) is 11. The van der Waals surface area contributed by atoms with E-state index in [1.165, 1.54) is 12.1 Å². The normalized spacial score (nSPS) is 15.9. The number of hydrogen-bond acceptors (Lipinski definition) is 20. The number of cyclic esters (lactones) is 3. The van der Waals surface area contributed by atoms with Gasteiger partial charge in [-0.05, 0) is 59.3 Å². The minimum Gasteiger partial charge on any atom is -0.504 e. The molecule has 1 aliphatic heterocycles. The largest absolute Gasteiger partial charge is 0.504 e. The summed E-state index contributed by atoms with van der Waals surface area (Å²) in [5.74, 6) is -14.1. The van der Waals surface area contributed by atoms with Gasteiger partial charge in [-0.3, -0.25) is 24.0 Å². The molecule has 0 saturated carbocycles. The summed E-state index contributed by atoms with van der Waals surface area (Å²) in [6.45, 7) is -1.79. The molecule has 0 spiro atoms. The highest BCUT2D eigenvalue weighted by Gasteiger charge is 2.35. The van der Waals surface area contributed by atoms with Crippen LogP contribution < -0.4 is 26.6 Å². The maximum atomic E-state index is 13.7. The highest BCUT2D eigenvalue weighted by atomic mass is 16.6. The molecular weight excluding hydrogens is 991 g/mol. The molecule has 396 valence electrons. The van der Waals surface area contributed by atoms with E-state index in [0.717, 1.165) is 47.2 Å². The van der Waals surface area contributed by atoms with E-state index in [9.17, 15) is 69.0 Å². The molecule has 25 nitrogen and oxygen atoms in total. The van der Waals surface area contributed by atoms with Crippen LogP contribution in [0, 0.1) is 0 Å². The van der Waals surface area contributed by atoms with Crippen molar-refractivity contribution in [1.82, 2.24) is 26.6 Å². The first kappa shape index (κ1) is 55.1. The summed E-state index contributed by atoms with van der Waals surface area (Å²) in [7, 11) is 0. The zero-order chi connectivity index (χ0) is 54.0. The minimum atomic E-state index is -2.01. The number of fused-ring (bicyclic) bond motifs is 1. The number of amides is 5. The van der Waals surface area contributed by atoms with Gasteiger partial charge in [0.05, 0.1) is 56.3 Å². The Morgan fingerprint density at radius 3 is 1.32 bits per heavy atom. The molecule has 1 fully saturated rings. The highest BCUT2D eigenvalue weighted by molar-refractivity contribution is 6.04. The number of nitrogens with one attached hydrogen (secondary N) is 5. The Kier molecular flexibility index (Phi) is 19.5. The van der Waals surface area contributed by atoms with Crippen LogP contribution in [0.3, 0.4) is 0 Å². The zero-order valence-corrected chi connectivity index (χ0v) is 39.6. The summed E-state index contributed by atoms with van der Waals surface area (Å²) in [5, 5.41) is 75.2. The van der Waals surface area contributed by atoms with Crippen LogP contribution in [-0.2, 0) is 42.8 Å². The molecular formula is C50H51N5O20. The maximum absolute atomic E-state index is 13.7. The van der Waals surface area contributed by atoms with Gasteiger partial charge in [-0.15, -0.1) is 0 Å². The molecule has 11 N–H and O–H groups in total. The second-order valence-electron chi connectivity index (χ2n) is 16.1. The quantitative estimate of drug-likeness (QED) is 0.0220. The number of carbonyl (C=O) groups excluding carboxylic acids is 8. The van der Waals surface area contributed by atoms with E-state index in [0.29, 0.717) is 12.1 Å². The van der Waals surface area contributed by atoms with E-state index in [1.54, 1.807) is 6.07 Å². The Morgan fingerprint density at radius 1 is 0.427 bits per heavy atom. The Hall–Kier alpha value is -9.20. The molecule has 1 saturated heterocycles. The van der Waals surface area contributed by atoms with E-state index in [1.807, 2.05) is 36.4 Å². The lowest BCUT2D eigenvalue weighted by Crippen LogP contribution is -2.52. The Balaban J connectivity index is 1.00. The fourth-order valence-corrected chi connectivity index (χ4v) is 6.91. The summed E-state index contributed by atoms with van der Waals surface area (Å²) in [4.78, 5) is 106. The van der Waals surface area contributed by atoms with Gasteiger partial charge in [0.2, 0.25) is 0 Å². The molecule has 0 unspecified atom stereocenters. The summed E-state index contributed by atoms with van der Waals surface area (Å²) in [6, 6.07) is 15.7. The van der Waals surface area contributed by atoms with E-state index in [2.05, 4.69) is 26.6 Å². The summed E-state index contributed by atoms with van der Waals surface area (Å²) < 4.78 is 32.0. The fraction of sp³-hybridized carbons (Fsp3) is 0.280. The first-order chi connectivity index (χ1) is 36.0. The van der Waals surface area contributed by atoms with Gasteiger partial charge in [0.25, 0.3) is 29.5 Å². The van der Waals surface area contributed by atoms with Gasteiger partial charge in [0.15, 0.2) is 52.6 Å². The fourth-order valence-electron chi connectivity index (χ4n) is 6.91. The highest BCUT2D eigenvalue weighted by Crippen LogP contribution is 2.32. The molecule has 0 bridgehead atoms. The topological polar surface area (TPSA) is 373 Å². The van der Waals surface area contributed by atoms with Crippen LogP contribution in [0.15, 0.2) is 91.0 Å². The third-order valence-electron chi connectivity index (χ3n) is 10.9. The molecule has 75 heavy (non-hydrogen) atoms. The van der Waals surface area contributed by atoms with Gasteiger partial charge in [-0.25, -0.2) is 14.4 Å². The van der Waals surface area contributed by atoms with Crippen LogP contribution in [0.4, 0.5) is 0 Å². The molecule has 1 aliphatic rings. The first-order valence-corrected chi connectivity index (χ1v) is 22.8. The average molecular weight is 1040 g/mol. The van der Waals surface area contributed by atoms with Crippen LogP contribution in [0.25, 0.3) is 10.8 Å². The van der Waals surface area contributed by atoms with Gasteiger partial charge in [0.1, 0.15) is 19.8 Å². The lowest BCUT2D eigenvalue weighted by atomic mass is 10.1. The molecule has 3 atom stereocenters. The molecule has 0 aliphatic carbocycles. The second kappa shape index (κ2) is 26.5. The van der Waals surface area contributed by atoms with Crippen molar-refractivity contribution in [3.8, 4) is 34.5 Å². The van der Waals surface area contributed by atoms with Crippen LogP contribution in [0.5, 0.6) is 34.5 Å². The van der Waals surface area contributed by atoms with Crippen LogP contribution in [-0.4, -0.2) is 169 Å². The van der Waals surface area contributed by atoms with E-state index in [-0.39, 0.29) is 57.7 Å². The first-order valence-electron chi connectivity index (χ1n) is 22.8. The van der Waals surface area contributed by atoms with Crippen molar-refractivity contribution in [3.63, 3.8) is 0 Å². The number of aromatic hydroxyl groups is 6. The monoisotopic (exact) mass is 1040 g/mol. The predicted octanol–water partition coefficient (Wildman–Crippen LogP) is 0.622. The van der Waals surface area contributed by atoms with Gasteiger partial charge in [0, 0.05) is 24.2 Å². The van der Waals surface area contributed by atoms with Crippen molar-refractivity contribution < 1.29 is 97.4 Å². The van der Waals surface area contributed by atoms with Crippen LogP contribution >= 0.6 is 0 Å². The minimum absolute atomic E-state index is 0.00581. The van der Waals surface area contributed by atoms with Crippen molar-refractivity contribution in [2.45, 2.75) is 18.1 Å². The van der Waals surface area contributed by atoms with Gasteiger partial charge in [-0.2, -0.15) is 0 Å². The molecule has 1 heterocycles. The smallest absolute Gasteiger partial charge is 0.332 e. The molecule has 0 aromatic heterocycles. The van der Waals surface area contributed by atoms with E-state index in [4.69, 9.17) is 28.4 Å². The molecule has 25 heteroatoms. The van der Waals surface area contributed by atoms with E-state index >= 15 is 0 Å². The van der Waals surface area contributed by atoms with E-state index < -0.39 is 131 Å². The van der Waals surface area contributed by atoms with Crippen LogP contribution in [0.1, 0.15) is 51.8 Å². The van der Waals surface area contributed by atoms with Gasteiger partial charge >= 0.3 is 17.9 Å². The number of esters is 3. The molecule has 5 aromatic carbocycles. The Morgan fingerprint density at radius 2 is 0.840 bits per heavy atom. The summed E-state index contributed by atoms with van der Waals surface area (Å²) in [6.07, 6.45) is 0. The Labute approximate surface area is 425 Å². The zero-order valence-electron chi connectivity index (χ0n) is 39.6.